The lowest BCUT2D eigenvalue weighted by Gasteiger charge is -2.10. The van der Waals surface area contributed by atoms with Crippen LogP contribution in [0.3, 0.4) is 0 Å². The number of nitrogens with zero attached hydrogens (tertiary/aromatic N) is 1. The largest absolute Gasteiger partial charge is 0.493 e. The summed E-state index contributed by atoms with van der Waals surface area (Å²) in [7, 11) is 0. The van der Waals surface area contributed by atoms with Crippen LogP contribution in [-0.2, 0) is 12.8 Å². The molecule has 2 N–H and O–H groups in total. The van der Waals surface area contributed by atoms with Crippen LogP contribution in [0.1, 0.15) is 39.7 Å². The van der Waals surface area contributed by atoms with E-state index in [2.05, 4.69) is 31.0 Å². The number of rotatable bonds is 3. The molecule has 1 aromatic carbocycles. The third kappa shape index (κ3) is 2.26. The van der Waals surface area contributed by atoms with Crippen molar-refractivity contribution in [3.63, 3.8) is 0 Å². The Balaban J connectivity index is 1.92. The predicted octanol–water partition coefficient (Wildman–Crippen LogP) is 3.00. The van der Waals surface area contributed by atoms with Gasteiger partial charge in [0, 0.05) is 11.3 Å². The van der Waals surface area contributed by atoms with Crippen LogP contribution in [0.4, 0.5) is 0 Å². The Morgan fingerprint density at radius 3 is 3.05 bits per heavy atom. The summed E-state index contributed by atoms with van der Waals surface area (Å²) in [6.45, 7) is 5.03. The van der Waals surface area contributed by atoms with E-state index in [9.17, 15) is 0 Å². The highest BCUT2D eigenvalue weighted by molar-refractivity contribution is 7.11. The van der Waals surface area contributed by atoms with E-state index in [0.29, 0.717) is 0 Å². The minimum atomic E-state index is -0.130. The lowest BCUT2D eigenvalue weighted by Crippen LogP contribution is -2.11. The highest BCUT2D eigenvalue weighted by Gasteiger charge is 2.18. The number of aromatic nitrogens is 1. The number of thiazole rings is 1. The molecule has 0 saturated carbocycles. The second-order valence-electron chi connectivity index (χ2n) is 4.85. The van der Waals surface area contributed by atoms with Gasteiger partial charge in [-0.15, -0.1) is 11.3 Å². The van der Waals surface area contributed by atoms with Crippen molar-refractivity contribution in [2.45, 2.75) is 32.7 Å². The molecule has 2 aromatic rings. The van der Waals surface area contributed by atoms with Gasteiger partial charge in [-0.25, -0.2) is 4.98 Å². The van der Waals surface area contributed by atoms with E-state index in [0.717, 1.165) is 35.8 Å². The number of benzene rings is 1. The van der Waals surface area contributed by atoms with Gasteiger partial charge in [-0.2, -0.15) is 0 Å². The van der Waals surface area contributed by atoms with Gasteiger partial charge in [0.25, 0.3) is 0 Å². The molecular weight excluding hydrogens is 256 g/mol. The van der Waals surface area contributed by atoms with Crippen molar-refractivity contribution in [3.05, 3.63) is 44.9 Å². The van der Waals surface area contributed by atoms with E-state index in [1.807, 2.05) is 6.07 Å². The molecule has 2 heterocycles. The molecule has 1 aliphatic rings. The van der Waals surface area contributed by atoms with E-state index < -0.39 is 0 Å². The molecule has 0 radical (unpaired) electrons. The SMILES string of the molecule is CCc1nc(C(N)c2ccc3c(c2)CCO3)sc1C. The molecule has 4 heteroatoms. The minimum Gasteiger partial charge on any atom is -0.493 e. The first-order valence-electron chi connectivity index (χ1n) is 6.66. The van der Waals surface area contributed by atoms with Gasteiger partial charge in [0.1, 0.15) is 10.8 Å². The van der Waals surface area contributed by atoms with Gasteiger partial charge >= 0.3 is 0 Å². The van der Waals surface area contributed by atoms with Crippen molar-refractivity contribution in [1.29, 1.82) is 0 Å². The Morgan fingerprint density at radius 1 is 1.47 bits per heavy atom. The van der Waals surface area contributed by atoms with E-state index in [4.69, 9.17) is 10.5 Å². The molecule has 0 spiro atoms. The zero-order chi connectivity index (χ0) is 13.4. The van der Waals surface area contributed by atoms with E-state index in [-0.39, 0.29) is 6.04 Å². The van der Waals surface area contributed by atoms with Crippen LogP contribution in [0.2, 0.25) is 0 Å². The van der Waals surface area contributed by atoms with Crippen LogP contribution in [0.15, 0.2) is 18.2 Å². The Bertz CT molecular complexity index is 606. The molecule has 1 atom stereocenters. The standard InChI is InChI=1S/C15H18N2OS/c1-3-12-9(2)19-15(17-12)14(16)11-4-5-13-10(8-11)6-7-18-13/h4-5,8,14H,3,6-7,16H2,1-2H3. The zero-order valence-electron chi connectivity index (χ0n) is 11.3. The van der Waals surface area contributed by atoms with Gasteiger partial charge in [0.2, 0.25) is 0 Å². The van der Waals surface area contributed by atoms with Crippen LogP contribution in [0.5, 0.6) is 5.75 Å². The van der Waals surface area contributed by atoms with Crippen LogP contribution >= 0.6 is 11.3 Å². The summed E-state index contributed by atoms with van der Waals surface area (Å²) in [5, 5.41) is 1.01. The Hall–Kier alpha value is -1.39. The molecule has 3 rings (SSSR count). The van der Waals surface area contributed by atoms with Crippen molar-refractivity contribution in [3.8, 4) is 5.75 Å². The molecule has 19 heavy (non-hydrogen) atoms. The maximum absolute atomic E-state index is 6.35. The van der Waals surface area contributed by atoms with Gasteiger partial charge in [0.15, 0.2) is 0 Å². The quantitative estimate of drug-likeness (QED) is 0.936. The van der Waals surface area contributed by atoms with Gasteiger partial charge in [-0.3, -0.25) is 0 Å². The predicted molar refractivity (Wildman–Crippen MR) is 77.9 cm³/mol. The van der Waals surface area contributed by atoms with Crippen molar-refractivity contribution >= 4 is 11.3 Å². The maximum Gasteiger partial charge on any atom is 0.122 e. The van der Waals surface area contributed by atoms with Crippen molar-refractivity contribution in [2.75, 3.05) is 6.61 Å². The smallest absolute Gasteiger partial charge is 0.122 e. The summed E-state index contributed by atoms with van der Waals surface area (Å²) in [6, 6.07) is 6.11. The second kappa shape index (κ2) is 4.94. The van der Waals surface area contributed by atoms with E-state index in [1.54, 1.807) is 11.3 Å². The fourth-order valence-corrected chi connectivity index (χ4v) is 3.49. The van der Waals surface area contributed by atoms with Crippen molar-refractivity contribution in [2.24, 2.45) is 5.73 Å². The van der Waals surface area contributed by atoms with Gasteiger partial charge in [0.05, 0.1) is 18.3 Å². The summed E-state index contributed by atoms with van der Waals surface area (Å²) >= 11 is 1.71. The number of aryl methyl sites for hydroxylation is 2. The molecule has 0 saturated heterocycles. The highest BCUT2D eigenvalue weighted by Crippen LogP contribution is 2.31. The molecule has 3 nitrogen and oxygen atoms in total. The first kappa shape index (κ1) is 12.6. The molecule has 0 bridgehead atoms. The first-order chi connectivity index (χ1) is 9.19. The molecular formula is C15H18N2OS. The normalized spacial score (nSPS) is 15.1. The summed E-state index contributed by atoms with van der Waals surface area (Å²) in [5.74, 6) is 1.00. The minimum absolute atomic E-state index is 0.130. The summed E-state index contributed by atoms with van der Waals surface area (Å²) in [6.07, 6.45) is 1.94. The highest BCUT2D eigenvalue weighted by atomic mass is 32.1. The lowest BCUT2D eigenvalue weighted by atomic mass is 10.0. The Kier molecular flexibility index (Phi) is 3.29. The molecule has 0 aliphatic carbocycles. The van der Waals surface area contributed by atoms with Crippen LogP contribution < -0.4 is 10.5 Å². The summed E-state index contributed by atoms with van der Waals surface area (Å²) < 4.78 is 5.53. The van der Waals surface area contributed by atoms with Crippen LogP contribution in [0.25, 0.3) is 0 Å². The molecule has 1 aromatic heterocycles. The lowest BCUT2D eigenvalue weighted by molar-refractivity contribution is 0.357. The molecule has 0 fully saturated rings. The Labute approximate surface area is 117 Å². The number of hydrogen-bond donors (Lipinski definition) is 1. The van der Waals surface area contributed by atoms with Crippen LogP contribution in [0, 0.1) is 6.92 Å². The van der Waals surface area contributed by atoms with Gasteiger partial charge in [-0.05, 0) is 36.6 Å². The van der Waals surface area contributed by atoms with Gasteiger partial charge < -0.3 is 10.5 Å². The van der Waals surface area contributed by atoms with Crippen molar-refractivity contribution in [1.82, 2.24) is 4.98 Å². The Morgan fingerprint density at radius 2 is 2.32 bits per heavy atom. The molecule has 0 amide bonds. The summed E-state index contributed by atoms with van der Waals surface area (Å²) in [4.78, 5) is 5.94. The molecule has 1 aliphatic heterocycles. The number of ether oxygens (including phenoxy) is 1. The third-order valence-corrected chi connectivity index (χ3v) is 4.68. The maximum atomic E-state index is 6.35. The number of fused-ring (bicyclic) bond motifs is 1. The monoisotopic (exact) mass is 274 g/mol. The van der Waals surface area contributed by atoms with Gasteiger partial charge in [-0.1, -0.05) is 13.0 Å². The zero-order valence-corrected chi connectivity index (χ0v) is 12.1. The van der Waals surface area contributed by atoms with Crippen molar-refractivity contribution < 1.29 is 4.74 Å². The van der Waals surface area contributed by atoms with Crippen LogP contribution in [-0.4, -0.2) is 11.6 Å². The molecule has 100 valence electrons. The fraction of sp³-hybridized carbons (Fsp3) is 0.400. The first-order valence-corrected chi connectivity index (χ1v) is 7.48. The number of hydrogen-bond acceptors (Lipinski definition) is 4. The molecule has 1 unspecified atom stereocenters. The number of nitrogens with two attached hydrogens (primary N) is 1. The topological polar surface area (TPSA) is 48.1 Å². The fourth-order valence-electron chi connectivity index (χ4n) is 2.45. The van der Waals surface area contributed by atoms with E-state index in [1.165, 1.54) is 16.1 Å². The summed E-state index contributed by atoms with van der Waals surface area (Å²) in [5.41, 5.74) is 9.91. The second-order valence-corrected chi connectivity index (χ2v) is 6.09. The third-order valence-electron chi connectivity index (χ3n) is 3.58. The van der Waals surface area contributed by atoms with E-state index >= 15 is 0 Å². The average Bonchev–Trinajstić information content (AvgIpc) is 3.02. The average molecular weight is 274 g/mol.